The van der Waals surface area contributed by atoms with Gasteiger partial charge in [0.05, 0.1) is 10.0 Å². The van der Waals surface area contributed by atoms with E-state index in [0.29, 0.717) is 20.1 Å². The van der Waals surface area contributed by atoms with Gasteiger partial charge < -0.3 is 0 Å². The highest BCUT2D eigenvalue weighted by Crippen LogP contribution is 2.42. The Morgan fingerprint density at radius 2 is 0.950 bits per heavy atom. The molecule has 0 bridgehead atoms. The maximum atomic E-state index is 6.33. The summed E-state index contributed by atoms with van der Waals surface area (Å²) in [6.45, 7) is 0. The van der Waals surface area contributed by atoms with Crippen molar-refractivity contribution >= 4 is 69.9 Å². The molecule has 0 saturated heterocycles. The van der Waals surface area contributed by atoms with Crippen LogP contribution >= 0.6 is 69.9 Å². The average Bonchev–Trinajstić information content (AvgIpc) is 2.43. The van der Waals surface area contributed by atoms with Gasteiger partial charge in [-0.2, -0.15) is 0 Å². The molecule has 6 heteroatoms. The van der Waals surface area contributed by atoms with Crippen molar-refractivity contribution in [3.8, 4) is 11.1 Å². The molecule has 0 saturated carbocycles. The maximum Gasteiger partial charge on any atom is 0.0548 e. The zero-order valence-corrected chi connectivity index (χ0v) is 15.3. The third kappa shape index (κ3) is 3.37. The molecule has 20 heavy (non-hydrogen) atoms. The summed E-state index contributed by atoms with van der Waals surface area (Å²) in [6.07, 6.45) is 3.91. The molecule has 0 heterocycles. The number of thioether (sulfide) groups is 2. The highest BCUT2D eigenvalue weighted by molar-refractivity contribution is 7.99. The van der Waals surface area contributed by atoms with E-state index in [1.807, 2.05) is 36.8 Å². The molecule has 0 spiro atoms. The van der Waals surface area contributed by atoms with Gasteiger partial charge in [0.25, 0.3) is 0 Å². The van der Waals surface area contributed by atoms with Gasteiger partial charge in [-0.3, -0.25) is 0 Å². The first kappa shape index (κ1) is 16.7. The monoisotopic (exact) mass is 382 g/mol. The lowest BCUT2D eigenvalue weighted by Crippen LogP contribution is -1.86. The van der Waals surface area contributed by atoms with Crippen LogP contribution in [0.25, 0.3) is 11.1 Å². The van der Waals surface area contributed by atoms with Crippen molar-refractivity contribution in [3.63, 3.8) is 0 Å². The SMILES string of the molecule is CSc1cc(Cl)c(-c2cc(Cl)c(SC)cc2Cl)cc1Cl. The van der Waals surface area contributed by atoms with Gasteiger partial charge in [0.1, 0.15) is 0 Å². The normalized spacial score (nSPS) is 10.9. The van der Waals surface area contributed by atoms with Gasteiger partial charge >= 0.3 is 0 Å². The van der Waals surface area contributed by atoms with Crippen LogP contribution in [0.15, 0.2) is 34.1 Å². The Hall–Kier alpha value is 0.300. The minimum Gasteiger partial charge on any atom is -0.128 e. The van der Waals surface area contributed by atoms with Crippen LogP contribution in [0.3, 0.4) is 0 Å². The molecule has 0 aromatic heterocycles. The Labute approximate surface area is 147 Å². The van der Waals surface area contributed by atoms with Gasteiger partial charge in [0, 0.05) is 31.0 Å². The first-order chi connectivity index (χ1) is 9.47. The molecule has 2 aromatic rings. The quantitative estimate of drug-likeness (QED) is 0.506. The first-order valence-electron chi connectivity index (χ1n) is 5.54. The topological polar surface area (TPSA) is 0 Å². The minimum absolute atomic E-state index is 0.605. The van der Waals surface area contributed by atoms with Crippen LogP contribution in [0, 0.1) is 0 Å². The predicted molar refractivity (Wildman–Crippen MR) is 95.5 cm³/mol. The zero-order valence-electron chi connectivity index (χ0n) is 10.6. The highest BCUT2D eigenvalue weighted by atomic mass is 35.5. The van der Waals surface area contributed by atoms with Crippen molar-refractivity contribution < 1.29 is 0 Å². The predicted octanol–water partition coefficient (Wildman–Crippen LogP) is 7.41. The molecule has 0 unspecified atom stereocenters. The molecule has 0 amide bonds. The van der Waals surface area contributed by atoms with Crippen molar-refractivity contribution in [1.29, 1.82) is 0 Å². The number of hydrogen-bond donors (Lipinski definition) is 0. The van der Waals surface area contributed by atoms with Crippen molar-refractivity contribution in [2.75, 3.05) is 12.5 Å². The lowest BCUT2D eigenvalue weighted by atomic mass is 10.1. The molecule has 0 N–H and O–H groups in total. The Kier molecular flexibility index (Phi) is 5.87. The van der Waals surface area contributed by atoms with Crippen LogP contribution in [-0.4, -0.2) is 12.5 Å². The van der Waals surface area contributed by atoms with Crippen molar-refractivity contribution in [1.82, 2.24) is 0 Å². The summed E-state index contributed by atoms with van der Waals surface area (Å²) in [4.78, 5) is 1.87. The van der Waals surface area contributed by atoms with E-state index in [1.54, 1.807) is 23.5 Å². The van der Waals surface area contributed by atoms with Gasteiger partial charge in [-0.15, -0.1) is 23.5 Å². The highest BCUT2D eigenvalue weighted by Gasteiger charge is 2.14. The van der Waals surface area contributed by atoms with Crippen molar-refractivity contribution in [2.24, 2.45) is 0 Å². The van der Waals surface area contributed by atoms with Crippen LogP contribution < -0.4 is 0 Å². The van der Waals surface area contributed by atoms with Gasteiger partial charge in [-0.05, 0) is 36.8 Å². The van der Waals surface area contributed by atoms with Gasteiger partial charge in [-0.25, -0.2) is 0 Å². The van der Waals surface area contributed by atoms with Crippen LogP contribution in [0.2, 0.25) is 20.1 Å². The summed E-state index contributed by atoms with van der Waals surface area (Å²) in [6, 6.07) is 7.34. The second kappa shape index (κ2) is 7.04. The molecule has 106 valence electrons. The Morgan fingerprint density at radius 1 is 0.600 bits per heavy atom. The van der Waals surface area contributed by atoms with E-state index >= 15 is 0 Å². The fourth-order valence-electron chi connectivity index (χ4n) is 1.78. The fourth-order valence-corrected chi connectivity index (χ4v) is 4.21. The molecule has 0 atom stereocenters. The van der Waals surface area contributed by atoms with Crippen LogP contribution in [0.5, 0.6) is 0 Å². The molecule has 0 radical (unpaired) electrons. The fraction of sp³-hybridized carbons (Fsp3) is 0.143. The minimum atomic E-state index is 0.605. The molecule has 0 nitrogen and oxygen atoms in total. The Bertz CT molecular complexity index is 599. The molecule has 2 aromatic carbocycles. The lowest BCUT2D eigenvalue weighted by Gasteiger charge is -2.12. The number of halogens is 4. The molecular formula is C14H10Cl4S2. The Morgan fingerprint density at radius 3 is 1.25 bits per heavy atom. The lowest BCUT2D eigenvalue weighted by molar-refractivity contribution is 1.43. The summed E-state index contributed by atoms with van der Waals surface area (Å²) in [5.41, 5.74) is 1.57. The summed E-state index contributed by atoms with van der Waals surface area (Å²) >= 11 is 28.2. The first-order valence-corrected chi connectivity index (χ1v) is 9.50. The summed E-state index contributed by atoms with van der Waals surface area (Å²) < 4.78 is 0. The smallest absolute Gasteiger partial charge is 0.0548 e. The summed E-state index contributed by atoms with van der Waals surface area (Å²) in [5, 5.41) is 2.51. The van der Waals surface area contributed by atoms with E-state index in [4.69, 9.17) is 46.4 Å². The van der Waals surface area contributed by atoms with Gasteiger partial charge in [-0.1, -0.05) is 46.4 Å². The standard InChI is InChI=1S/C14H10Cl4S2/c1-19-13-5-9(15)7(3-11(13)17)8-4-12(18)14(20-2)6-10(8)16/h3-6H,1-2H3. The van der Waals surface area contributed by atoms with E-state index in [9.17, 15) is 0 Å². The molecule has 0 aliphatic carbocycles. The van der Waals surface area contributed by atoms with E-state index in [1.165, 1.54) is 0 Å². The van der Waals surface area contributed by atoms with E-state index in [-0.39, 0.29) is 0 Å². The molecule has 0 aliphatic rings. The van der Waals surface area contributed by atoms with Crippen LogP contribution in [0.1, 0.15) is 0 Å². The van der Waals surface area contributed by atoms with Gasteiger partial charge in [0.2, 0.25) is 0 Å². The maximum absolute atomic E-state index is 6.33. The van der Waals surface area contributed by atoms with Crippen LogP contribution in [0.4, 0.5) is 0 Å². The number of benzene rings is 2. The van der Waals surface area contributed by atoms with Crippen molar-refractivity contribution in [2.45, 2.75) is 9.79 Å². The largest absolute Gasteiger partial charge is 0.128 e. The zero-order chi connectivity index (χ0) is 14.9. The second-order valence-corrected chi connectivity index (χ2v) is 7.26. The van der Waals surface area contributed by atoms with E-state index in [2.05, 4.69) is 0 Å². The third-order valence-corrected chi connectivity index (χ3v) is 5.80. The van der Waals surface area contributed by atoms with E-state index < -0.39 is 0 Å². The second-order valence-electron chi connectivity index (χ2n) is 3.93. The summed E-state index contributed by atoms with van der Waals surface area (Å²) in [7, 11) is 0. The molecule has 2 rings (SSSR count). The molecule has 0 fully saturated rings. The average molecular weight is 384 g/mol. The van der Waals surface area contributed by atoms with Crippen LogP contribution in [-0.2, 0) is 0 Å². The number of rotatable bonds is 3. The third-order valence-electron chi connectivity index (χ3n) is 2.77. The summed E-state index contributed by atoms with van der Waals surface area (Å²) in [5.74, 6) is 0. The Balaban J connectivity index is 2.63. The molecule has 0 aliphatic heterocycles. The van der Waals surface area contributed by atoms with Gasteiger partial charge in [0.15, 0.2) is 0 Å². The van der Waals surface area contributed by atoms with E-state index in [0.717, 1.165) is 20.9 Å². The van der Waals surface area contributed by atoms with Crippen molar-refractivity contribution in [3.05, 3.63) is 44.4 Å². The number of hydrogen-bond acceptors (Lipinski definition) is 2. The molecular weight excluding hydrogens is 374 g/mol.